The predicted octanol–water partition coefficient (Wildman–Crippen LogP) is 2.10. The van der Waals surface area contributed by atoms with Gasteiger partial charge in [0.15, 0.2) is 11.6 Å². The molecule has 0 radical (unpaired) electrons. The van der Waals surface area contributed by atoms with Gasteiger partial charge in [-0.15, -0.1) is 0 Å². The maximum Gasteiger partial charge on any atom is 0.253 e. The van der Waals surface area contributed by atoms with Crippen molar-refractivity contribution in [3.05, 3.63) is 35.4 Å². The average molecular weight is 207 g/mol. The first kappa shape index (κ1) is 11.0. The van der Waals surface area contributed by atoms with E-state index in [1.807, 2.05) is 0 Å². The van der Waals surface area contributed by atoms with Gasteiger partial charge in [0.1, 0.15) is 0 Å². The Morgan fingerprint density at radius 2 is 1.86 bits per heavy atom. The molecule has 0 aliphatic rings. The summed E-state index contributed by atoms with van der Waals surface area (Å²) in [4.78, 5) is 0. The molecule has 1 atom stereocenters. The zero-order valence-corrected chi connectivity index (χ0v) is 7.18. The van der Waals surface area contributed by atoms with Crippen molar-refractivity contribution < 1.29 is 17.6 Å². The van der Waals surface area contributed by atoms with Crippen LogP contribution in [0.5, 0.6) is 0 Å². The molecule has 0 heterocycles. The first-order valence-corrected chi connectivity index (χ1v) is 3.99. The van der Waals surface area contributed by atoms with Crippen LogP contribution in [-0.4, -0.2) is 12.5 Å². The largest absolute Gasteiger partial charge is 0.323 e. The number of nitrogens with two attached hydrogens (primary N) is 1. The van der Waals surface area contributed by atoms with Crippen LogP contribution >= 0.6 is 0 Å². The monoisotopic (exact) mass is 207 g/mol. The van der Waals surface area contributed by atoms with E-state index in [2.05, 4.69) is 0 Å². The minimum absolute atomic E-state index is 0.127. The predicted molar refractivity (Wildman–Crippen MR) is 44.0 cm³/mol. The Labute approximate surface area is 78.5 Å². The van der Waals surface area contributed by atoms with Crippen molar-refractivity contribution in [2.45, 2.75) is 18.9 Å². The van der Waals surface area contributed by atoms with Gasteiger partial charge in [0, 0.05) is 0 Å². The Hall–Kier alpha value is -1.10. The molecule has 0 aliphatic carbocycles. The fourth-order valence-electron chi connectivity index (χ4n) is 1.05. The first-order valence-electron chi connectivity index (χ1n) is 3.99. The number of benzene rings is 1. The number of halogens is 4. The van der Waals surface area contributed by atoms with Crippen LogP contribution in [-0.2, 0) is 6.42 Å². The summed E-state index contributed by atoms with van der Waals surface area (Å²) >= 11 is 0. The molecule has 1 aromatic rings. The zero-order chi connectivity index (χ0) is 10.7. The molecule has 78 valence electrons. The van der Waals surface area contributed by atoms with Gasteiger partial charge in [0.25, 0.3) is 6.43 Å². The summed E-state index contributed by atoms with van der Waals surface area (Å²) < 4.78 is 49.6. The fourth-order valence-corrected chi connectivity index (χ4v) is 1.05. The topological polar surface area (TPSA) is 26.0 Å². The molecular weight excluding hydrogens is 198 g/mol. The van der Waals surface area contributed by atoms with Crippen LogP contribution in [0.3, 0.4) is 0 Å². The molecule has 0 saturated heterocycles. The lowest BCUT2D eigenvalue weighted by Gasteiger charge is -2.10. The summed E-state index contributed by atoms with van der Waals surface area (Å²) in [7, 11) is 0. The third kappa shape index (κ3) is 2.45. The molecule has 0 saturated carbocycles. The summed E-state index contributed by atoms with van der Waals surface area (Å²) in [6.07, 6.45) is -3.11. The number of hydrogen-bond acceptors (Lipinski definition) is 1. The first-order chi connectivity index (χ1) is 6.52. The summed E-state index contributed by atoms with van der Waals surface area (Å²) in [5.41, 5.74) is 4.90. The minimum atomic E-state index is -2.74. The van der Waals surface area contributed by atoms with Gasteiger partial charge >= 0.3 is 0 Å². The van der Waals surface area contributed by atoms with E-state index >= 15 is 0 Å². The molecular formula is C9H9F4N. The fraction of sp³-hybridized carbons (Fsp3) is 0.333. The number of rotatable bonds is 3. The van der Waals surface area contributed by atoms with Crippen molar-refractivity contribution >= 4 is 0 Å². The lowest BCUT2D eigenvalue weighted by molar-refractivity contribution is 0.115. The summed E-state index contributed by atoms with van der Waals surface area (Å²) in [5, 5.41) is 0. The van der Waals surface area contributed by atoms with E-state index in [1.165, 1.54) is 12.1 Å². The van der Waals surface area contributed by atoms with Crippen LogP contribution in [0, 0.1) is 11.6 Å². The Bertz CT molecular complexity index is 314. The van der Waals surface area contributed by atoms with Gasteiger partial charge in [0.05, 0.1) is 6.04 Å². The zero-order valence-electron chi connectivity index (χ0n) is 7.18. The number of alkyl halides is 2. The molecule has 1 aromatic carbocycles. The van der Waals surface area contributed by atoms with Gasteiger partial charge in [-0.05, 0) is 18.1 Å². The van der Waals surface area contributed by atoms with E-state index in [0.29, 0.717) is 0 Å². The maximum atomic E-state index is 12.9. The van der Waals surface area contributed by atoms with Crippen LogP contribution in [0.2, 0.25) is 0 Å². The molecule has 0 fully saturated rings. The second-order valence-corrected chi connectivity index (χ2v) is 2.92. The van der Waals surface area contributed by atoms with Gasteiger partial charge in [0.2, 0.25) is 0 Å². The maximum absolute atomic E-state index is 12.9. The third-order valence-corrected chi connectivity index (χ3v) is 1.81. The second-order valence-electron chi connectivity index (χ2n) is 2.92. The highest BCUT2D eigenvalue weighted by Gasteiger charge is 2.18. The quantitative estimate of drug-likeness (QED) is 0.754. The Morgan fingerprint density at radius 3 is 2.43 bits per heavy atom. The lowest BCUT2D eigenvalue weighted by atomic mass is 10.1. The van der Waals surface area contributed by atoms with E-state index in [-0.39, 0.29) is 12.0 Å². The molecule has 0 aromatic heterocycles. The Morgan fingerprint density at radius 1 is 1.21 bits per heavy atom. The average Bonchev–Trinajstić information content (AvgIpc) is 2.12. The molecule has 0 spiro atoms. The van der Waals surface area contributed by atoms with Crippen LogP contribution in [0.15, 0.2) is 18.2 Å². The normalized spacial score (nSPS) is 13.3. The molecule has 5 heteroatoms. The van der Waals surface area contributed by atoms with E-state index in [0.717, 1.165) is 6.07 Å². The van der Waals surface area contributed by atoms with Crippen molar-refractivity contribution in [1.82, 2.24) is 0 Å². The minimum Gasteiger partial charge on any atom is -0.323 e. The van der Waals surface area contributed by atoms with Crippen LogP contribution in [0.1, 0.15) is 5.56 Å². The molecule has 14 heavy (non-hydrogen) atoms. The molecule has 0 aliphatic heterocycles. The molecule has 0 bridgehead atoms. The van der Waals surface area contributed by atoms with Crippen molar-refractivity contribution in [3.8, 4) is 0 Å². The van der Waals surface area contributed by atoms with Gasteiger partial charge in [-0.1, -0.05) is 12.1 Å². The van der Waals surface area contributed by atoms with Gasteiger partial charge < -0.3 is 5.73 Å². The van der Waals surface area contributed by atoms with E-state index in [4.69, 9.17) is 5.73 Å². The SMILES string of the molecule is NC(Cc1cccc(F)c1F)C(F)F. The lowest BCUT2D eigenvalue weighted by Crippen LogP contribution is -2.31. The summed E-state index contributed by atoms with van der Waals surface area (Å²) in [6.45, 7) is 0. The molecule has 1 rings (SSSR count). The summed E-state index contributed by atoms with van der Waals surface area (Å²) in [5.74, 6) is -2.16. The second kappa shape index (κ2) is 4.41. The Kier molecular flexibility index (Phi) is 3.46. The van der Waals surface area contributed by atoms with Gasteiger partial charge in [-0.2, -0.15) is 0 Å². The van der Waals surface area contributed by atoms with Crippen molar-refractivity contribution in [2.24, 2.45) is 5.73 Å². The van der Waals surface area contributed by atoms with Crippen molar-refractivity contribution in [3.63, 3.8) is 0 Å². The van der Waals surface area contributed by atoms with Crippen molar-refractivity contribution in [1.29, 1.82) is 0 Å². The molecule has 0 amide bonds. The van der Waals surface area contributed by atoms with Crippen LogP contribution in [0.4, 0.5) is 17.6 Å². The van der Waals surface area contributed by atoms with E-state index in [9.17, 15) is 17.6 Å². The standard InChI is InChI=1S/C9H9F4N/c10-6-3-1-2-5(8(6)11)4-7(14)9(12)13/h1-3,7,9H,4,14H2. The number of hydrogen-bond donors (Lipinski definition) is 1. The summed E-state index contributed by atoms with van der Waals surface area (Å²) in [6, 6.07) is 1.95. The van der Waals surface area contributed by atoms with E-state index in [1.54, 1.807) is 0 Å². The highest BCUT2D eigenvalue weighted by molar-refractivity contribution is 5.20. The van der Waals surface area contributed by atoms with Crippen molar-refractivity contribution in [2.75, 3.05) is 0 Å². The molecule has 1 nitrogen and oxygen atoms in total. The van der Waals surface area contributed by atoms with Gasteiger partial charge in [-0.25, -0.2) is 17.6 Å². The van der Waals surface area contributed by atoms with Gasteiger partial charge in [-0.3, -0.25) is 0 Å². The van der Waals surface area contributed by atoms with Crippen LogP contribution < -0.4 is 5.73 Å². The van der Waals surface area contributed by atoms with E-state index < -0.39 is 24.1 Å². The molecule has 2 N–H and O–H groups in total. The third-order valence-electron chi connectivity index (χ3n) is 1.81. The van der Waals surface area contributed by atoms with Crippen LogP contribution in [0.25, 0.3) is 0 Å². The highest BCUT2D eigenvalue weighted by atomic mass is 19.3. The smallest absolute Gasteiger partial charge is 0.253 e. The highest BCUT2D eigenvalue weighted by Crippen LogP contribution is 2.14. The Balaban J connectivity index is 2.82. The molecule has 1 unspecified atom stereocenters.